The van der Waals surface area contributed by atoms with Gasteiger partial charge in [-0.3, -0.25) is 19.5 Å². The average molecular weight is 457 g/mol. The molecule has 0 saturated carbocycles. The number of imidazole rings is 1. The lowest BCUT2D eigenvalue weighted by Crippen LogP contribution is -2.38. The van der Waals surface area contributed by atoms with Crippen LogP contribution >= 0.6 is 0 Å². The number of rotatable bonds is 7. The van der Waals surface area contributed by atoms with E-state index in [2.05, 4.69) is 10.3 Å². The van der Waals surface area contributed by atoms with Gasteiger partial charge in [-0.1, -0.05) is 54.6 Å². The number of carbonyl (C=O) groups excluding carboxylic acids is 2. The Hall–Kier alpha value is -4.26. The molecule has 1 N–H and O–H groups in total. The van der Waals surface area contributed by atoms with E-state index in [1.807, 2.05) is 43.3 Å². The van der Waals surface area contributed by atoms with Crippen LogP contribution in [0.5, 0.6) is 0 Å². The molecule has 0 fully saturated rings. The van der Waals surface area contributed by atoms with E-state index in [1.165, 1.54) is 11.0 Å². The van der Waals surface area contributed by atoms with Gasteiger partial charge >= 0.3 is 0 Å². The quantitative estimate of drug-likeness (QED) is 0.421. The van der Waals surface area contributed by atoms with E-state index < -0.39 is 5.91 Å². The fourth-order valence-corrected chi connectivity index (χ4v) is 3.57. The third kappa shape index (κ3) is 5.04. The van der Waals surface area contributed by atoms with E-state index in [4.69, 9.17) is 0 Å². The first-order valence-electron chi connectivity index (χ1n) is 11.0. The van der Waals surface area contributed by atoms with Crippen molar-refractivity contribution in [3.05, 3.63) is 102 Å². The first-order chi connectivity index (χ1) is 16.5. The molecular formula is C27H25FN4O2. The van der Waals surface area contributed by atoms with Crippen molar-refractivity contribution in [3.8, 4) is 16.9 Å². The molecule has 4 rings (SSSR count). The second kappa shape index (κ2) is 10.1. The molecule has 2 amide bonds. The van der Waals surface area contributed by atoms with Crippen LogP contribution in [0.4, 0.5) is 10.3 Å². The maximum atomic E-state index is 14.3. The molecule has 0 spiro atoms. The second-order valence-corrected chi connectivity index (χ2v) is 7.85. The fourth-order valence-electron chi connectivity index (χ4n) is 3.57. The minimum absolute atomic E-state index is 0.139. The Morgan fingerprint density at radius 3 is 2.32 bits per heavy atom. The lowest BCUT2D eigenvalue weighted by Gasteiger charge is -2.20. The van der Waals surface area contributed by atoms with Crippen LogP contribution in [-0.2, 0) is 4.79 Å². The molecule has 0 atom stereocenters. The SMILES string of the molecule is CCN(CC(=O)Nc1nc(-c2ccccc2)cn1-c1ccc(C)c(F)c1)C(=O)c1ccccc1. The first-order valence-corrected chi connectivity index (χ1v) is 11.0. The summed E-state index contributed by atoms with van der Waals surface area (Å²) < 4.78 is 15.9. The highest BCUT2D eigenvalue weighted by Crippen LogP contribution is 2.25. The molecular weight excluding hydrogens is 431 g/mol. The highest BCUT2D eigenvalue weighted by molar-refractivity contribution is 5.99. The monoisotopic (exact) mass is 456 g/mol. The van der Waals surface area contributed by atoms with Crippen molar-refractivity contribution < 1.29 is 14.0 Å². The highest BCUT2D eigenvalue weighted by Gasteiger charge is 2.20. The zero-order valence-electron chi connectivity index (χ0n) is 19.0. The van der Waals surface area contributed by atoms with E-state index in [-0.39, 0.29) is 24.2 Å². The number of amides is 2. The van der Waals surface area contributed by atoms with Crippen LogP contribution in [-0.4, -0.2) is 39.4 Å². The summed E-state index contributed by atoms with van der Waals surface area (Å²) in [4.78, 5) is 31.8. The lowest BCUT2D eigenvalue weighted by atomic mass is 10.2. The van der Waals surface area contributed by atoms with Crippen LogP contribution < -0.4 is 5.32 Å². The Balaban J connectivity index is 1.62. The van der Waals surface area contributed by atoms with Crippen LogP contribution in [0.15, 0.2) is 85.1 Å². The van der Waals surface area contributed by atoms with Crippen molar-refractivity contribution in [2.24, 2.45) is 0 Å². The van der Waals surface area contributed by atoms with Crippen molar-refractivity contribution in [3.63, 3.8) is 0 Å². The maximum Gasteiger partial charge on any atom is 0.254 e. The van der Waals surface area contributed by atoms with Crippen LogP contribution in [0.25, 0.3) is 16.9 Å². The Kier molecular flexibility index (Phi) is 6.82. The van der Waals surface area contributed by atoms with Gasteiger partial charge in [0, 0.05) is 23.9 Å². The number of likely N-dealkylation sites (N-methyl/N-ethyl adjacent to an activating group) is 1. The van der Waals surface area contributed by atoms with Gasteiger partial charge in [-0.25, -0.2) is 9.37 Å². The topological polar surface area (TPSA) is 67.2 Å². The number of hydrogen-bond acceptors (Lipinski definition) is 3. The number of halogens is 1. The fraction of sp³-hybridized carbons (Fsp3) is 0.148. The van der Waals surface area contributed by atoms with Gasteiger partial charge in [0.25, 0.3) is 5.91 Å². The van der Waals surface area contributed by atoms with Crippen molar-refractivity contribution in [2.75, 3.05) is 18.4 Å². The van der Waals surface area contributed by atoms with Crippen molar-refractivity contribution >= 4 is 17.8 Å². The zero-order valence-corrected chi connectivity index (χ0v) is 19.0. The summed E-state index contributed by atoms with van der Waals surface area (Å²) in [7, 11) is 0. The maximum absolute atomic E-state index is 14.3. The summed E-state index contributed by atoms with van der Waals surface area (Å²) in [6.07, 6.45) is 1.75. The molecule has 0 aliphatic heterocycles. The summed E-state index contributed by atoms with van der Waals surface area (Å²) in [5, 5.41) is 2.80. The summed E-state index contributed by atoms with van der Waals surface area (Å²) in [6.45, 7) is 3.74. The second-order valence-electron chi connectivity index (χ2n) is 7.85. The van der Waals surface area contributed by atoms with Gasteiger partial charge in [-0.2, -0.15) is 0 Å². The number of carbonyl (C=O) groups is 2. The molecule has 3 aromatic carbocycles. The normalized spacial score (nSPS) is 10.7. The summed E-state index contributed by atoms with van der Waals surface area (Å²) in [5.41, 5.74) is 3.06. The Bertz CT molecular complexity index is 1300. The third-order valence-electron chi connectivity index (χ3n) is 5.48. The molecule has 1 heterocycles. The summed E-state index contributed by atoms with van der Waals surface area (Å²) in [5.74, 6) is -0.733. The molecule has 0 aliphatic rings. The molecule has 1 aromatic heterocycles. The van der Waals surface area contributed by atoms with Gasteiger partial charge < -0.3 is 4.90 Å². The zero-order chi connectivity index (χ0) is 24.1. The number of nitrogens with one attached hydrogen (secondary N) is 1. The van der Waals surface area contributed by atoms with E-state index in [0.29, 0.717) is 29.1 Å². The number of nitrogens with zero attached hydrogens (tertiary/aromatic N) is 3. The number of anilines is 1. The largest absolute Gasteiger partial charge is 0.330 e. The van der Waals surface area contributed by atoms with Gasteiger partial charge in [-0.05, 0) is 43.7 Å². The summed E-state index contributed by atoms with van der Waals surface area (Å²) >= 11 is 0. The van der Waals surface area contributed by atoms with Gasteiger partial charge in [-0.15, -0.1) is 0 Å². The number of hydrogen-bond donors (Lipinski definition) is 1. The van der Waals surface area contributed by atoms with E-state index >= 15 is 0 Å². The number of benzene rings is 3. The van der Waals surface area contributed by atoms with Crippen LogP contribution in [0.2, 0.25) is 0 Å². The highest BCUT2D eigenvalue weighted by atomic mass is 19.1. The first kappa shape index (κ1) is 22.9. The third-order valence-corrected chi connectivity index (χ3v) is 5.48. The number of aryl methyl sites for hydroxylation is 1. The lowest BCUT2D eigenvalue weighted by molar-refractivity contribution is -0.116. The molecule has 4 aromatic rings. The van der Waals surface area contributed by atoms with Crippen LogP contribution in [0, 0.1) is 12.7 Å². The molecule has 34 heavy (non-hydrogen) atoms. The number of aromatic nitrogens is 2. The van der Waals surface area contributed by atoms with Crippen molar-refractivity contribution in [2.45, 2.75) is 13.8 Å². The van der Waals surface area contributed by atoms with E-state index in [9.17, 15) is 14.0 Å². The Morgan fingerprint density at radius 2 is 1.68 bits per heavy atom. The van der Waals surface area contributed by atoms with E-state index in [1.54, 1.807) is 54.1 Å². The Labute approximate surface area is 197 Å². The standard InChI is InChI=1S/C27H25FN4O2/c1-3-31(26(34)21-12-8-5-9-13-21)18-25(33)30-27-29-24(20-10-6-4-7-11-20)17-32(27)22-15-14-19(2)23(28)16-22/h4-17H,3,18H2,1-2H3,(H,29,30,33). The van der Waals surface area contributed by atoms with Crippen LogP contribution in [0.1, 0.15) is 22.8 Å². The molecule has 7 heteroatoms. The predicted octanol–water partition coefficient (Wildman–Crippen LogP) is 5.09. The molecule has 0 saturated heterocycles. The van der Waals surface area contributed by atoms with E-state index in [0.717, 1.165) is 5.56 Å². The summed E-state index contributed by atoms with van der Waals surface area (Å²) in [6, 6.07) is 23.2. The molecule has 0 bridgehead atoms. The van der Waals surface area contributed by atoms with Gasteiger partial charge in [0.2, 0.25) is 11.9 Å². The predicted molar refractivity (Wildman–Crippen MR) is 130 cm³/mol. The van der Waals surface area contributed by atoms with Crippen molar-refractivity contribution in [1.82, 2.24) is 14.5 Å². The van der Waals surface area contributed by atoms with Gasteiger partial charge in [0.15, 0.2) is 0 Å². The van der Waals surface area contributed by atoms with Gasteiger partial charge in [0.1, 0.15) is 12.4 Å². The minimum Gasteiger partial charge on any atom is -0.330 e. The molecule has 0 radical (unpaired) electrons. The van der Waals surface area contributed by atoms with Crippen molar-refractivity contribution in [1.29, 1.82) is 0 Å². The van der Waals surface area contributed by atoms with Crippen LogP contribution in [0.3, 0.4) is 0 Å². The Morgan fingerprint density at radius 1 is 1.00 bits per heavy atom. The van der Waals surface area contributed by atoms with Gasteiger partial charge in [0.05, 0.1) is 11.4 Å². The molecule has 172 valence electrons. The molecule has 0 aliphatic carbocycles. The smallest absolute Gasteiger partial charge is 0.254 e. The molecule has 6 nitrogen and oxygen atoms in total. The average Bonchev–Trinajstić information content (AvgIpc) is 3.28. The minimum atomic E-state index is -0.398. The molecule has 0 unspecified atom stereocenters.